The first kappa shape index (κ1) is 14.5. The number of carbonyl (C=O) groups excluding carboxylic acids is 1. The fourth-order valence-corrected chi connectivity index (χ4v) is 3.25. The number of fused-ring (bicyclic) bond motifs is 1. The molecule has 0 aliphatic carbocycles. The van der Waals surface area contributed by atoms with Gasteiger partial charge in [-0.25, -0.2) is 5.43 Å². The molecule has 0 spiro atoms. The second-order valence-electron chi connectivity index (χ2n) is 5.05. The minimum absolute atomic E-state index is 0.248. The molecule has 22 heavy (non-hydrogen) atoms. The van der Waals surface area contributed by atoms with E-state index in [-0.39, 0.29) is 5.91 Å². The first-order valence-electron chi connectivity index (χ1n) is 6.89. The van der Waals surface area contributed by atoms with Gasteiger partial charge in [0.05, 0.1) is 21.5 Å². The molecule has 6 heteroatoms. The van der Waals surface area contributed by atoms with Crippen molar-refractivity contribution in [3.05, 3.63) is 58.2 Å². The van der Waals surface area contributed by atoms with Crippen LogP contribution >= 0.6 is 11.3 Å². The number of hydrogen-bond donors (Lipinski definition) is 1. The zero-order valence-electron chi connectivity index (χ0n) is 12.6. The van der Waals surface area contributed by atoms with Gasteiger partial charge in [-0.15, -0.1) is 5.10 Å². The van der Waals surface area contributed by atoms with Gasteiger partial charge in [-0.3, -0.25) is 9.78 Å². The molecule has 1 aromatic carbocycles. The van der Waals surface area contributed by atoms with Gasteiger partial charge in [0.25, 0.3) is 5.91 Å². The Balaban J connectivity index is 1.92. The summed E-state index contributed by atoms with van der Waals surface area (Å²) >= 11 is 1.53. The van der Waals surface area contributed by atoms with E-state index in [1.807, 2.05) is 55.8 Å². The van der Waals surface area contributed by atoms with Crippen LogP contribution in [0.3, 0.4) is 0 Å². The molecule has 3 aromatic rings. The molecule has 5 nitrogen and oxygen atoms in total. The third kappa shape index (κ3) is 2.65. The number of nitrogens with one attached hydrogen (secondary N) is 1. The second-order valence-corrected chi connectivity index (χ2v) is 6.06. The number of amides is 1. The van der Waals surface area contributed by atoms with Crippen LogP contribution in [-0.4, -0.2) is 15.5 Å². The van der Waals surface area contributed by atoms with Crippen LogP contribution in [0.15, 0.2) is 41.5 Å². The van der Waals surface area contributed by atoms with Gasteiger partial charge in [0, 0.05) is 12.7 Å². The molecule has 0 atom stereocenters. The predicted octanol–water partition coefficient (Wildman–Crippen LogP) is 2.50. The molecule has 0 aliphatic rings. The van der Waals surface area contributed by atoms with Crippen LogP contribution in [-0.2, 0) is 7.05 Å². The molecule has 112 valence electrons. The summed E-state index contributed by atoms with van der Waals surface area (Å²) in [4.78, 5) is 17.3. The van der Waals surface area contributed by atoms with Gasteiger partial charge in [-0.1, -0.05) is 23.5 Å². The molecule has 0 fully saturated rings. The monoisotopic (exact) mass is 312 g/mol. The first-order chi connectivity index (χ1) is 10.6. The minimum atomic E-state index is -0.248. The van der Waals surface area contributed by atoms with Gasteiger partial charge >= 0.3 is 0 Å². The van der Waals surface area contributed by atoms with Crippen LogP contribution in [0.25, 0.3) is 10.2 Å². The molecule has 0 aliphatic heterocycles. The lowest BCUT2D eigenvalue weighted by atomic mass is 10.2. The average Bonchev–Trinajstić information content (AvgIpc) is 2.82. The van der Waals surface area contributed by atoms with Gasteiger partial charge in [0.2, 0.25) is 4.80 Å². The Morgan fingerprint density at radius 2 is 2.00 bits per heavy atom. The summed E-state index contributed by atoms with van der Waals surface area (Å²) in [7, 11) is 1.93. The minimum Gasteiger partial charge on any atom is -0.318 e. The summed E-state index contributed by atoms with van der Waals surface area (Å²) < 4.78 is 3.09. The number of hydrogen-bond acceptors (Lipinski definition) is 4. The number of para-hydroxylation sites is 1. The quantitative estimate of drug-likeness (QED) is 0.739. The fourth-order valence-electron chi connectivity index (χ4n) is 2.27. The topological polar surface area (TPSA) is 59.3 Å². The number of aryl methyl sites for hydroxylation is 3. The van der Waals surface area contributed by atoms with Crippen LogP contribution in [0.2, 0.25) is 0 Å². The van der Waals surface area contributed by atoms with E-state index in [1.165, 1.54) is 11.3 Å². The molecule has 0 unspecified atom stereocenters. The van der Waals surface area contributed by atoms with Gasteiger partial charge in [-0.05, 0) is 38.1 Å². The van der Waals surface area contributed by atoms with Crippen molar-refractivity contribution in [2.45, 2.75) is 13.8 Å². The number of thiazole rings is 1. The molecule has 3 rings (SSSR count). The van der Waals surface area contributed by atoms with Crippen molar-refractivity contribution in [1.82, 2.24) is 15.0 Å². The van der Waals surface area contributed by atoms with Crippen LogP contribution in [0.4, 0.5) is 0 Å². The van der Waals surface area contributed by atoms with Crippen molar-refractivity contribution >= 4 is 27.5 Å². The SMILES string of the molecule is Cc1ccc(C(=O)N/N=c2\sc3ccccc3n2C)c(C)n1. The van der Waals surface area contributed by atoms with Gasteiger partial charge in [-0.2, -0.15) is 0 Å². The Labute approximate surface area is 131 Å². The molecule has 2 aromatic heterocycles. The van der Waals surface area contributed by atoms with E-state index < -0.39 is 0 Å². The first-order valence-corrected chi connectivity index (χ1v) is 7.71. The Morgan fingerprint density at radius 3 is 2.73 bits per heavy atom. The lowest BCUT2D eigenvalue weighted by molar-refractivity contribution is 0.0952. The largest absolute Gasteiger partial charge is 0.318 e. The van der Waals surface area contributed by atoms with Crippen LogP contribution in [0.5, 0.6) is 0 Å². The van der Waals surface area contributed by atoms with E-state index in [2.05, 4.69) is 15.5 Å². The van der Waals surface area contributed by atoms with Crippen molar-refractivity contribution < 1.29 is 4.79 Å². The van der Waals surface area contributed by atoms with E-state index in [0.717, 1.165) is 20.7 Å². The molecule has 0 saturated heterocycles. The lowest BCUT2D eigenvalue weighted by Crippen LogP contribution is -2.24. The van der Waals surface area contributed by atoms with Gasteiger partial charge < -0.3 is 4.57 Å². The summed E-state index contributed by atoms with van der Waals surface area (Å²) in [6.07, 6.45) is 0. The highest BCUT2D eigenvalue weighted by Crippen LogP contribution is 2.15. The Morgan fingerprint density at radius 1 is 1.23 bits per heavy atom. The maximum atomic E-state index is 12.2. The number of carbonyl (C=O) groups is 1. The Hall–Kier alpha value is -2.47. The summed E-state index contributed by atoms with van der Waals surface area (Å²) in [5.74, 6) is -0.248. The van der Waals surface area contributed by atoms with E-state index >= 15 is 0 Å². The van der Waals surface area contributed by atoms with Crippen molar-refractivity contribution in [2.75, 3.05) is 0 Å². The summed E-state index contributed by atoms with van der Waals surface area (Å²) in [6, 6.07) is 11.6. The maximum Gasteiger partial charge on any atom is 0.273 e. The van der Waals surface area contributed by atoms with Crippen molar-refractivity contribution in [1.29, 1.82) is 0 Å². The zero-order valence-corrected chi connectivity index (χ0v) is 13.4. The van der Waals surface area contributed by atoms with Gasteiger partial charge in [0.1, 0.15) is 0 Å². The van der Waals surface area contributed by atoms with Crippen molar-refractivity contribution in [3.63, 3.8) is 0 Å². The lowest BCUT2D eigenvalue weighted by Gasteiger charge is -2.03. The summed E-state index contributed by atoms with van der Waals surface area (Å²) in [6.45, 7) is 3.72. The number of pyridine rings is 1. The highest BCUT2D eigenvalue weighted by atomic mass is 32.1. The number of benzene rings is 1. The van der Waals surface area contributed by atoms with E-state index in [9.17, 15) is 4.79 Å². The standard InChI is InChI=1S/C16H16N4OS/c1-10-8-9-12(11(2)17-10)15(21)18-19-16-20(3)13-6-4-5-7-14(13)22-16/h4-9H,1-3H3,(H,18,21)/b19-16-. The molecule has 2 heterocycles. The van der Waals surface area contributed by atoms with Crippen LogP contribution in [0.1, 0.15) is 21.7 Å². The second kappa shape index (κ2) is 5.73. The van der Waals surface area contributed by atoms with E-state index in [4.69, 9.17) is 0 Å². The average molecular weight is 312 g/mol. The maximum absolute atomic E-state index is 12.2. The molecule has 1 N–H and O–H groups in total. The van der Waals surface area contributed by atoms with Crippen LogP contribution in [0, 0.1) is 13.8 Å². The third-order valence-corrected chi connectivity index (χ3v) is 4.55. The van der Waals surface area contributed by atoms with E-state index in [0.29, 0.717) is 11.3 Å². The predicted molar refractivity (Wildman–Crippen MR) is 87.5 cm³/mol. The van der Waals surface area contributed by atoms with Crippen molar-refractivity contribution in [2.24, 2.45) is 12.1 Å². The summed E-state index contributed by atoms with van der Waals surface area (Å²) in [5, 5.41) is 4.24. The van der Waals surface area contributed by atoms with Crippen molar-refractivity contribution in [3.8, 4) is 0 Å². The van der Waals surface area contributed by atoms with Gasteiger partial charge in [0.15, 0.2) is 0 Å². The van der Waals surface area contributed by atoms with Crippen LogP contribution < -0.4 is 10.2 Å². The molecular weight excluding hydrogens is 296 g/mol. The Kier molecular flexibility index (Phi) is 3.77. The molecule has 0 saturated carbocycles. The number of rotatable bonds is 2. The smallest absolute Gasteiger partial charge is 0.273 e. The fraction of sp³-hybridized carbons (Fsp3) is 0.188. The normalized spacial score (nSPS) is 11.9. The molecule has 1 amide bonds. The summed E-state index contributed by atoms with van der Waals surface area (Å²) in [5.41, 5.74) is 5.84. The molecular formula is C16H16N4OS. The highest BCUT2D eigenvalue weighted by molar-refractivity contribution is 7.16. The molecule has 0 bridgehead atoms. The molecule has 0 radical (unpaired) electrons. The highest BCUT2D eigenvalue weighted by Gasteiger charge is 2.09. The number of nitrogens with zero attached hydrogens (tertiary/aromatic N) is 3. The zero-order chi connectivity index (χ0) is 15.7. The Bertz CT molecular complexity index is 923. The van der Waals surface area contributed by atoms with E-state index in [1.54, 1.807) is 6.07 Å². The number of aromatic nitrogens is 2. The third-order valence-electron chi connectivity index (χ3n) is 3.44.